The molecule has 0 N–H and O–H groups in total. The normalized spacial score (nSPS) is 23.7. The molecule has 73 valence electrons. The van der Waals surface area contributed by atoms with Crippen LogP contribution in [0.1, 0.15) is 32.1 Å². The van der Waals surface area contributed by atoms with E-state index in [1.807, 2.05) is 16.3 Å². The van der Waals surface area contributed by atoms with Gasteiger partial charge >= 0.3 is 6.03 Å². The van der Waals surface area contributed by atoms with Gasteiger partial charge in [0.2, 0.25) is 0 Å². The minimum atomic E-state index is 0.234. The summed E-state index contributed by atoms with van der Waals surface area (Å²) in [5.41, 5.74) is 0. The number of piperidine rings is 1. The first kappa shape index (κ1) is 8.85. The second-order valence-corrected chi connectivity index (χ2v) is 3.85. The van der Waals surface area contributed by atoms with Gasteiger partial charge in [-0.3, -0.25) is 0 Å². The van der Waals surface area contributed by atoms with Gasteiger partial charge in [-0.25, -0.2) is 4.79 Å². The second kappa shape index (κ2) is 3.99. The van der Waals surface area contributed by atoms with Crippen molar-refractivity contribution in [2.75, 3.05) is 19.6 Å². The predicted octanol–water partition coefficient (Wildman–Crippen LogP) is 1.85. The quantitative estimate of drug-likeness (QED) is 0.559. The lowest BCUT2D eigenvalue weighted by Crippen LogP contribution is -2.43. The number of amides is 2. The first-order chi connectivity index (χ1) is 6.38. The molecule has 2 aliphatic heterocycles. The highest BCUT2D eigenvalue weighted by Gasteiger charge is 2.24. The van der Waals surface area contributed by atoms with Crippen LogP contribution in [0.2, 0.25) is 0 Å². The molecular weight excluding hydrogens is 164 g/mol. The maximum Gasteiger partial charge on any atom is 0.320 e. The molecule has 0 aromatic carbocycles. The Morgan fingerprint density at radius 3 is 2.38 bits per heavy atom. The third-order valence-electron chi connectivity index (χ3n) is 2.82. The van der Waals surface area contributed by atoms with Crippen molar-refractivity contribution in [2.24, 2.45) is 0 Å². The van der Waals surface area contributed by atoms with Crippen LogP contribution < -0.4 is 0 Å². The lowest BCUT2D eigenvalue weighted by molar-refractivity contribution is 0.159. The van der Waals surface area contributed by atoms with E-state index in [1.165, 1.54) is 19.3 Å². The van der Waals surface area contributed by atoms with E-state index in [4.69, 9.17) is 0 Å². The van der Waals surface area contributed by atoms with Gasteiger partial charge < -0.3 is 9.80 Å². The summed E-state index contributed by atoms with van der Waals surface area (Å²) < 4.78 is 0. The van der Waals surface area contributed by atoms with E-state index >= 15 is 0 Å². The minimum Gasteiger partial charge on any atom is -0.325 e. The summed E-state index contributed by atoms with van der Waals surface area (Å²) in [6.45, 7) is 4.89. The Bertz CT molecular complexity index is 181. The van der Waals surface area contributed by atoms with Crippen LogP contribution in [0.15, 0.2) is 0 Å². The van der Waals surface area contributed by atoms with Crippen molar-refractivity contribution in [3.8, 4) is 0 Å². The Morgan fingerprint density at radius 2 is 1.77 bits per heavy atom. The highest BCUT2D eigenvalue weighted by Crippen LogP contribution is 2.17. The number of carbonyl (C=O) groups excluding carboxylic acids is 1. The summed E-state index contributed by atoms with van der Waals surface area (Å²) in [5, 5.41) is 0. The van der Waals surface area contributed by atoms with E-state index in [1.54, 1.807) is 0 Å². The number of rotatable bonds is 0. The fourth-order valence-corrected chi connectivity index (χ4v) is 2.04. The van der Waals surface area contributed by atoms with Crippen molar-refractivity contribution in [2.45, 2.75) is 32.1 Å². The lowest BCUT2D eigenvalue weighted by Gasteiger charge is -2.30. The van der Waals surface area contributed by atoms with Crippen LogP contribution in [0, 0.1) is 6.54 Å². The van der Waals surface area contributed by atoms with E-state index in [9.17, 15) is 4.79 Å². The maximum atomic E-state index is 11.8. The molecule has 0 spiro atoms. The monoisotopic (exact) mass is 181 g/mol. The Labute approximate surface area is 79.7 Å². The van der Waals surface area contributed by atoms with E-state index in [2.05, 4.69) is 0 Å². The lowest BCUT2D eigenvalue weighted by atomic mass is 10.1. The smallest absolute Gasteiger partial charge is 0.320 e. The largest absolute Gasteiger partial charge is 0.325 e. The summed E-state index contributed by atoms with van der Waals surface area (Å²) in [4.78, 5) is 15.7. The summed E-state index contributed by atoms with van der Waals surface area (Å²) in [6.07, 6.45) is 5.85. The molecule has 2 aliphatic rings. The van der Waals surface area contributed by atoms with Crippen molar-refractivity contribution in [1.82, 2.24) is 9.80 Å². The molecule has 1 radical (unpaired) electrons. The van der Waals surface area contributed by atoms with E-state index in [-0.39, 0.29) is 6.03 Å². The van der Waals surface area contributed by atoms with E-state index < -0.39 is 0 Å². The summed E-state index contributed by atoms with van der Waals surface area (Å²) in [7, 11) is 0. The molecule has 0 aliphatic carbocycles. The third-order valence-corrected chi connectivity index (χ3v) is 2.82. The van der Waals surface area contributed by atoms with Crippen LogP contribution in [0.4, 0.5) is 4.79 Å². The highest BCUT2D eigenvalue weighted by molar-refractivity contribution is 5.75. The van der Waals surface area contributed by atoms with Gasteiger partial charge in [-0.1, -0.05) is 0 Å². The molecule has 0 atom stereocenters. The van der Waals surface area contributed by atoms with Crippen molar-refractivity contribution < 1.29 is 4.79 Å². The molecule has 3 nitrogen and oxygen atoms in total. The molecule has 2 heterocycles. The zero-order valence-corrected chi connectivity index (χ0v) is 8.04. The fraction of sp³-hybridized carbons (Fsp3) is 0.800. The minimum absolute atomic E-state index is 0.234. The fourth-order valence-electron chi connectivity index (χ4n) is 2.04. The molecule has 0 bridgehead atoms. The van der Waals surface area contributed by atoms with Crippen LogP contribution >= 0.6 is 0 Å². The molecular formula is C10H17N2O. The maximum absolute atomic E-state index is 11.8. The molecule has 2 fully saturated rings. The van der Waals surface area contributed by atoms with Gasteiger partial charge in [0.25, 0.3) is 0 Å². The van der Waals surface area contributed by atoms with Crippen LogP contribution in [-0.2, 0) is 0 Å². The van der Waals surface area contributed by atoms with Crippen LogP contribution in [0.3, 0.4) is 0 Å². The van der Waals surface area contributed by atoms with E-state index in [0.29, 0.717) is 0 Å². The highest BCUT2D eigenvalue weighted by atomic mass is 16.2. The van der Waals surface area contributed by atoms with Crippen LogP contribution in [0.5, 0.6) is 0 Å². The standard InChI is InChI=1S/C10H17N2O/c13-10(12-8-4-5-9-12)11-6-2-1-3-7-11/h8H,1-7,9H2. The van der Waals surface area contributed by atoms with Gasteiger partial charge in [-0.2, -0.15) is 0 Å². The Hall–Kier alpha value is -0.730. The molecule has 0 unspecified atom stereocenters. The summed E-state index contributed by atoms with van der Waals surface area (Å²) in [5.74, 6) is 0. The zero-order valence-electron chi connectivity index (χ0n) is 8.04. The van der Waals surface area contributed by atoms with Gasteiger partial charge in [-0.15, -0.1) is 0 Å². The van der Waals surface area contributed by atoms with Gasteiger partial charge in [-0.05, 0) is 32.1 Å². The SMILES string of the molecule is O=C(N1[CH]CCC1)N1CCCCC1. The third kappa shape index (κ3) is 1.95. The molecule has 3 heteroatoms. The number of carbonyl (C=O) groups is 1. The molecule has 13 heavy (non-hydrogen) atoms. The Morgan fingerprint density at radius 1 is 1.00 bits per heavy atom. The van der Waals surface area contributed by atoms with Gasteiger partial charge in [0.1, 0.15) is 0 Å². The molecule has 2 saturated heterocycles. The predicted molar refractivity (Wildman–Crippen MR) is 51.1 cm³/mol. The average molecular weight is 181 g/mol. The topological polar surface area (TPSA) is 23.6 Å². The van der Waals surface area contributed by atoms with Crippen molar-refractivity contribution in [3.05, 3.63) is 6.54 Å². The molecule has 0 aromatic heterocycles. The molecule has 2 amide bonds. The second-order valence-electron chi connectivity index (χ2n) is 3.85. The molecule has 0 aromatic rings. The average Bonchev–Trinajstić information content (AvgIpc) is 2.71. The van der Waals surface area contributed by atoms with Crippen LogP contribution in [-0.4, -0.2) is 35.5 Å². The number of nitrogens with zero attached hydrogens (tertiary/aromatic N) is 2. The van der Waals surface area contributed by atoms with Gasteiger partial charge in [0, 0.05) is 19.6 Å². The Balaban J connectivity index is 1.87. The van der Waals surface area contributed by atoms with Gasteiger partial charge in [0.05, 0.1) is 6.54 Å². The first-order valence-corrected chi connectivity index (χ1v) is 5.27. The number of hydrogen-bond donors (Lipinski definition) is 0. The van der Waals surface area contributed by atoms with Crippen molar-refractivity contribution >= 4 is 6.03 Å². The summed E-state index contributed by atoms with van der Waals surface area (Å²) in [6, 6.07) is 0.234. The molecule has 2 rings (SSSR count). The van der Waals surface area contributed by atoms with Crippen molar-refractivity contribution in [1.29, 1.82) is 0 Å². The molecule has 0 saturated carbocycles. The van der Waals surface area contributed by atoms with Crippen LogP contribution in [0.25, 0.3) is 0 Å². The number of likely N-dealkylation sites (tertiary alicyclic amines) is 2. The van der Waals surface area contributed by atoms with Gasteiger partial charge in [0.15, 0.2) is 0 Å². The number of hydrogen-bond acceptors (Lipinski definition) is 1. The Kier molecular flexibility index (Phi) is 2.71. The zero-order chi connectivity index (χ0) is 9.10. The van der Waals surface area contributed by atoms with Crippen molar-refractivity contribution in [3.63, 3.8) is 0 Å². The summed E-state index contributed by atoms with van der Waals surface area (Å²) >= 11 is 0. The number of urea groups is 1. The van der Waals surface area contributed by atoms with E-state index in [0.717, 1.165) is 32.5 Å². The first-order valence-electron chi connectivity index (χ1n) is 5.27.